The number of hydrogen-bond acceptors (Lipinski definition) is 2. The first kappa shape index (κ1) is 12.6. The van der Waals surface area contributed by atoms with E-state index in [1.165, 1.54) is 11.3 Å². The molecule has 1 fully saturated rings. The minimum Gasteiger partial charge on any atom is -0.327 e. The largest absolute Gasteiger partial charge is 0.327 e. The Bertz CT molecular complexity index is 680. The van der Waals surface area contributed by atoms with Crippen molar-refractivity contribution in [2.75, 3.05) is 0 Å². The minimum absolute atomic E-state index is 0.0483. The summed E-state index contributed by atoms with van der Waals surface area (Å²) >= 11 is 7.36. The molecular weight excluding hydrogens is 280 g/mol. The molecule has 1 aromatic carbocycles. The molecule has 2 aromatic rings. The van der Waals surface area contributed by atoms with Gasteiger partial charge in [-0.3, -0.25) is 4.79 Å². The molecule has 5 heteroatoms. The van der Waals surface area contributed by atoms with E-state index in [2.05, 4.69) is 4.99 Å². The third-order valence-electron chi connectivity index (χ3n) is 3.51. The van der Waals surface area contributed by atoms with Gasteiger partial charge in [-0.15, -0.1) is 11.3 Å². The molecule has 0 aliphatic heterocycles. The molecule has 0 bridgehead atoms. The molecule has 0 N–H and O–H groups in total. The van der Waals surface area contributed by atoms with Crippen LogP contribution in [-0.2, 0) is 17.3 Å². The number of carbonyl (C=O) groups excluding carboxylic acids is 1. The number of rotatable bonds is 2. The first-order valence-electron chi connectivity index (χ1n) is 6.07. The van der Waals surface area contributed by atoms with Gasteiger partial charge in [-0.05, 0) is 30.5 Å². The first-order valence-corrected chi connectivity index (χ1v) is 7.33. The highest BCUT2D eigenvalue weighted by Gasteiger charge is 2.51. The van der Waals surface area contributed by atoms with Gasteiger partial charge in [-0.25, -0.2) is 0 Å². The molecule has 0 spiro atoms. The van der Waals surface area contributed by atoms with E-state index in [4.69, 9.17) is 11.6 Å². The van der Waals surface area contributed by atoms with Gasteiger partial charge in [0.15, 0.2) is 4.80 Å². The summed E-state index contributed by atoms with van der Waals surface area (Å²) in [6, 6.07) is 7.51. The fraction of sp³-hybridized carbons (Fsp3) is 0.286. The summed E-state index contributed by atoms with van der Waals surface area (Å²) in [6.45, 7) is 0. The van der Waals surface area contributed by atoms with Crippen molar-refractivity contribution in [2.45, 2.75) is 18.3 Å². The predicted molar refractivity (Wildman–Crippen MR) is 76.2 cm³/mol. The lowest BCUT2D eigenvalue weighted by Gasteiger charge is -2.10. The fourth-order valence-corrected chi connectivity index (χ4v) is 3.00. The molecule has 0 unspecified atom stereocenters. The number of thiazole rings is 1. The number of aryl methyl sites for hydroxylation is 1. The van der Waals surface area contributed by atoms with Gasteiger partial charge in [-0.1, -0.05) is 23.7 Å². The van der Waals surface area contributed by atoms with Gasteiger partial charge in [0.05, 0.1) is 5.41 Å². The smallest absolute Gasteiger partial charge is 0.258 e. The predicted octanol–water partition coefficient (Wildman–Crippen LogP) is 2.90. The number of hydrogen-bond donors (Lipinski definition) is 0. The van der Waals surface area contributed by atoms with Gasteiger partial charge in [-0.2, -0.15) is 4.99 Å². The fourth-order valence-electron chi connectivity index (χ4n) is 2.15. The van der Waals surface area contributed by atoms with E-state index >= 15 is 0 Å². The topological polar surface area (TPSA) is 34.4 Å². The Hall–Kier alpha value is -1.39. The van der Waals surface area contributed by atoms with Crippen LogP contribution in [0.4, 0.5) is 0 Å². The van der Waals surface area contributed by atoms with E-state index in [9.17, 15) is 4.79 Å². The minimum atomic E-state index is -0.415. The van der Waals surface area contributed by atoms with E-state index in [1.54, 1.807) is 0 Å². The normalized spacial score (nSPS) is 17.5. The second-order valence-electron chi connectivity index (χ2n) is 4.80. The average Bonchev–Trinajstić information content (AvgIpc) is 3.11. The molecule has 1 heterocycles. The second kappa shape index (κ2) is 4.62. The van der Waals surface area contributed by atoms with Crippen LogP contribution in [0.25, 0.3) is 0 Å². The Morgan fingerprint density at radius 1 is 1.37 bits per heavy atom. The number of aromatic nitrogens is 1. The number of benzene rings is 1. The van der Waals surface area contributed by atoms with Crippen LogP contribution >= 0.6 is 22.9 Å². The highest BCUT2D eigenvalue weighted by molar-refractivity contribution is 7.07. The van der Waals surface area contributed by atoms with Gasteiger partial charge in [0, 0.05) is 23.6 Å². The van der Waals surface area contributed by atoms with Crippen molar-refractivity contribution in [1.29, 1.82) is 0 Å². The number of amides is 1. The van der Waals surface area contributed by atoms with Gasteiger partial charge in [0.2, 0.25) is 0 Å². The van der Waals surface area contributed by atoms with Crippen LogP contribution in [0.15, 0.2) is 40.8 Å². The quantitative estimate of drug-likeness (QED) is 0.838. The maximum absolute atomic E-state index is 12.4. The third kappa shape index (κ3) is 2.26. The summed E-state index contributed by atoms with van der Waals surface area (Å²) < 4.78 is 1.86. The lowest BCUT2D eigenvalue weighted by atomic mass is 9.95. The standard InChI is InChI=1S/C14H13ClN2OS/c1-17-8-9-19-13(17)16-12(18)14(6-7-14)10-2-4-11(15)5-3-10/h2-5,8-9H,6-7H2,1H3. The maximum atomic E-state index is 12.4. The second-order valence-corrected chi connectivity index (χ2v) is 6.11. The molecule has 0 radical (unpaired) electrons. The Morgan fingerprint density at radius 2 is 2.05 bits per heavy atom. The molecule has 98 valence electrons. The number of nitrogens with zero attached hydrogens (tertiary/aromatic N) is 2. The molecule has 1 amide bonds. The van der Waals surface area contributed by atoms with Gasteiger partial charge >= 0.3 is 0 Å². The Morgan fingerprint density at radius 3 is 2.58 bits per heavy atom. The molecule has 0 atom stereocenters. The number of carbonyl (C=O) groups is 1. The van der Waals surface area contributed by atoms with Crippen molar-refractivity contribution in [1.82, 2.24) is 4.57 Å². The van der Waals surface area contributed by atoms with E-state index in [0.717, 1.165) is 23.2 Å². The molecule has 1 aromatic heterocycles. The lowest BCUT2D eigenvalue weighted by molar-refractivity contribution is -0.120. The van der Waals surface area contributed by atoms with Crippen molar-refractivity contribution in [3.8, 4) is 0 Å². The summed E-state index contributed by atoms with van der Waals surface area (Å²) in [6.07, 6.45) is 3.64. The summed E-state index contributed by atoms with van der Waals surface area (Å²) in [7, 11) is 1.89. The molecule has 1 aliphatic rings. The number of halogens is 1. The molecule has 1 saturated carbocycles. The molecular formula is C14H13ClN2OS. The molecule has 3 rings (SSSR count). The van der Waals surface area contributed by atoms with Crippen LogP contribution in [-0.4, -0.2) is 10.5 Å². The summed E-state index contributed by atoms with van der Waals surface area (Å²) in [5, 5.41) is 2.61. The Kier molecular flexibility index (Phi) is 3.07. The Labute approximate surface area is 120 Å². The molecule has 0 saturated heterocycles. The van der Waals surface area contributed by atoms with E-state index in [1.807, 2.05) is 47.5 Å². The van der Waals surface area contributed by atoms with Gasteiger partial charge in [0.1, 0.15) is 0 Å². The zero-order valence-corrected chi connectivity index (χ0v) is 12.0. The maximum Gasteiger partial charge on any atom is 0.258 e. The molecule has 19 heavy (non-hydrogen) atoms. The summed E-state index contributed by atoms with van der Waals surface area (Å²) in [5.74, 6) is -0.0483. The van der Waals surface area contributed by atoms with E-state index in [0.29, 0.717) is 5.02 Å². The Balaban J connectivity index is 1.96. The van der Waals surface area contributed by atoms with Crippen LogP contribution < -0.4 is 4.80 Å². The highest BCUT2D eigenvalue weighted by Crippen LogP contribution is 2.49. The van der Waals surface area contributed by atoms with Crippen molar-refractivity contribution in [2.24, 2.45) is 12.0 Å². The first-order chi connectivity index (χ1) is 9.12. The monoisotopic (exact) mass is 292 g/mol. The van der Waals surface area contributed by atoms with Crippen molar-refractivity contribution in [3.63, 3.8) is 0 Å². The SMILES string of the molecule is Cn1ccsc1=NC(=O)C1(c2ccc(Cl)cc2)CC1. The zero-order chi connectivity index (χ0) is 13.5. The van der Waals surface area contributed by atoms with E-state index < -0.39 is 5.41 Å². The highest BCUT2D eigenvalue weighted by atomic mass is 35.5. The van der Waals surface area contributed by atoms with Crippen LogP contribution in [0.1, 0.15) is 18.4 Å². The third-order valence-corrected chi connectivity index (χ3v) is 4.61. The van der Waals surface area contributed by atoms with Crippen LogP contribution in [0.3, 0.4) is 0 Å². The summed E-state index contributed by atoms with van der Waals surface area (Å²) in [4.78, 5) is 17.4. The zero-order valence-electron chi connectivity index (χ0n) is 10.5. The van der Waals surface area contributed by atoms with Crippen molar-refractivity contribution >= 4 is 28.8 Å². The van der Waals surface area contributed by atoms with Crippen LogP contribution in [0, 0.1) is 0 Å². The van der Waals surface area contributed by atoms with Crippen molar-refractivity contribution < 1.29 is 4.79 Å². The average molecular weight is 293 g/mol. The van der Waals surface area contributed by atoms with Gasteiger partial charge in [0.25, 0.3) is 5.91 Å². The molecule has 1 aliphatic carbocycles. The lowest BCUT2D eigenvalue weighted by Crippen LogP contribution is -2.22. The summed E-state index contributed by atoms with van der Waals surface area (Å²) in [5.41, 5.74) is 0.603. The van der Waals surface area contributed by atoms with Crippen molar-refractivity contribution in [3.05, 3.63) is 51.2 Å². The molecule has 3 nitrogen and oxygen atoms in total. The van der Waals surface area contributed by atoms with Crippen LogP contribution in [0.2, 0.25) is 5.02 Å². The van der Waals surface area contributed by atoms with Crippen LogP contribution in [0.5, 0.6) is 0 Å². The van der Waals surface area contributed by atoms with E-state index in [-0.39, 0.29) is 5.91 Å². The van der Waals surface area contributed by atoms with Gasteiger partial charge < -0.3 is 4.57 Å².